The predicted octanol–water partition coefficient (Wildman–Crippen LogP) is 4.64. The van der Waals surface area contributed by atoms with Crippen molar-refractivity contribution < 1.29 is 18.7 Å². The number of carbonyl (C=O) groups is 2. The molecule has 152 valence electrons. The van der Waals surface area contributed by atoms with Gasteiger partial charge in [0.15, 0.2) is 0 Å². The molecule has 2 heterocycles. The number of rotatable bonds is 3. The zero-order valence-corrected chi connectivity index (χ0v) is 16.6. The van der Waals surface area contributed by atoms with Gasteiger partial charge in [-0.1, -0.05) is 30.3 Å². The second kappa shape index (κ2) is 7.02. The standard InChI is InChI=1S/C25H17FN2O3/c1-15(27-24(29)19-9-5-6-10-20(19)25(27)30)21-13-17-11-12-18(26)14-22(17)28(31)23(21)16-7-3-2-4-8-16/h2-15H,1H3/t15-/m0/s1. The molecule has 0 fully saturated rings. The van der Waals surface area contributed by atoms with Crippen LogP contribution in [0.25, 0.3) is 22.2 Å². The fraction of sp³-hybridized carbons (Fsp3) is 0.0800. The predicted molar refractivity (Wildman–Crippen MR) is 114 cm³/mol. The van der Waals surface area contributed by atoms with E-state index in [1.54, 1.807) is 61.5 Å². The van der Waals surface area contributed by atoms with Gasteiger partial charge in [-0.15, -0.1) is 0 Å². The van der Waals surface area contributed by atoms with E-state index in [0.29, 0.717) is 32.4 Å². The summed E-state index contributed by atoms with van der Waals surface area (Å²) in [7, 11) is 0. The lowest BCUT2D eigenvalue weighted by atomic mass is 9.97. The minimum atomic E-state index is -0.711. The number of benzene rings is 3. The Hall–Kier alpha value is -4.06. The van der Waals surface area contributed by atoms with E-state index >= 15 is 0 Å². The maximum atomic E-state index is 13.9. The Morgan fingerprint density at radius 1 is 0.871 bits per heavy atom. The van der Waals surface area contributed by atoms with Crippen LogP contribution in [-0.4, -0.2) is 16.7 Å². The van der Waals surface area contributed by atoms with Crippen LogP contribution in [0.3, 0.4) is 0 Å². The second-order valence-electron chi connectivity index (χ2n) is 7.51. The largest absolute Gasteiger partial charge is 0.618 e. The average molecular weight is 412 g/mol. The van der Waals surface area contributed by atoms with E-state index in [-0.39, 0.29) is 11.2 Å². The summed E-state index contributed by atoms with van der Waals surface area (Å²) in [6.07, 6.45) is 0. The molecule has 5 rings (SSSR count). The van der Waals surface area contributed by atoms with Gasteiger partial charge in [0.25, 0.3) is 11.8 Å². The molecular weight excluding hydrogens is 395 g/mol. The smallest absolute Gasteiger partial charge is 0.262 e. The molecular formula is C25H17FN2O3. The second-order valence-corrected chi connectivity index (χ2v) is 7.51. The first-order valence-electron chi connectivity index (χ1n) is 9.85. The summed E-state index contributed by atoms with van der Waals surface area (Å²) in [6, 6.07) is 20.6. The number of nitrogens with zero attached hydrogens (tertiary/aromatic N) is 2. The number of hydrogen-bond acceptors (Lipinski definition) is 3. The van der Waals surface area contributed by atoms with Crippen LogP contribution < -0.4 is 4.73 Å². The molecule has 0 saturated heterocycles. The van der Waals surface area contributed by atoms with Gasteiger partial charge in [-0.05, 0) is 49.4 Å². The van der Waals surface area contributed by atoms with E-state index in [1.807, 2.05) is 6.07 Å². The third-order valence-electron chi connectivity index (χ3n) is 5.71. The first kappa shape index (κ1) is 18.9. The number of aromatic nitrogens is 1. The number of imide groups is 1. The number of amides is 2. The molecule has 3 aromatic carbocycles. The summed E-state index contributed by atoms with van der Waals surface area (Å²) >= 11 is 0. The molecule has 0 saturated carbocycles. The third-order valence-corrected chi connectivity index (χ3v) is 5.71. The molecule has 0 N–H and O–H groups in total. The molecule has 6 heteroatoms. The Bertz CT molecular complexity index is 1330. The molecule has 0 unspecified atom stereocenters. The number of hydrogen-bond donors (Lipinski definition) is 0. The van der Waals surface area contributed by atoms with Gasteiger partial charge in [0.1, 0.15) is 5.82 Å². The SMILES string of the molecule is C[C@@H](c1cc2ccc(F)cc2[n+]([O-])c1-c1ccccc1)N1C(=O)c2ccccc2C1=O. The van der Waals surface area contributed by atoms with Crippen LogP contribution in [0.5, 0.6) is 0 Å². The highest BCUT2D eigenvalue weighted by Crippen LogP contribution is 2.36. The van der Waals surface area contributed by atoms with Crippen molar-refractivity contribution in [2.45, 2.75) is 13.0 Å². The van der Waals surface area contributed by atoms with E-state index in [2.05, 4.69) is 0 Å². The lowest BCUT2D eigenvalue weighted by Gasteiger charge is -2.24. The highest BCUT2D eigenvalue weighted by molar-refractivity contribution is 6.21. The Morgan fingerprint density at radius 2 is 1.48 bits per heavy atom. The van der Waals surface area contributed by atoms with Crippen molar-refractivity contribution in [3.05, 3.63) is 107 Å². The van der Waals surface area contributed by atoms with Crippen molar-refractivity contribution in [2.24, 2.45) is 0 Å². The monoisotopic (exact) mass is 412 g/mol. The van der Waals surface area contributed by atoms with Crippen LogP contribution in [-0.2, 0) is 0 Å². The molecule has 4 aromatic rings. The number of halogens is 1. The highest BCUT2D eigenvalue weighted by atomic mass is 19.1. The fourth-order valence-electron chi connectivity index (χ4n) is 4.19. The summed E-state index contributed by atoms with van der Waals surface area (Å²) < 4.78 is 14.5. The van der Waals surface area contributed by atoms with Gasteiger partial charge in [-0.2, -0.15) is 4.73 Å². The van der Waals surface area contributed by atoms with Crippen molar-refractivity contribution in [3.8, 4) is 11.3 Å². The van der Waals surface area contributed by atoms with E-state index < -0.39 is 23.7 Å². The molecule has 0 spiro atoms. The molecule has 0 bridgehead atoms. The lowest BCUT2D eigenvalue weighted by Crippen LogP contribution is -2.37. The molecule has 31 heavy (non-hydrogen) atoms. The number of fused-ring (bicyclic) bond motifs is 2. The molecule has 2 amide bonds. The fourth-order valence-corrected chi connectivity index (χ4v) is 4.19. The summed E-state index contributed by atoms with van der Waals surface area (Å²) in [5.74, 6) is -1.32. The van der Waals surface area contributed by atoms with Gasteiger partial charge in [0.2, 0.25) is 11.2 Å². The van der Waals surface area contributed by atoms with E-state index in [1.165, 1.54) is 23.1 Å². The Labute approximate surface area is 177 Å². The highest BCUT2D eigenvalue weighted by Gasteiger charge is 2.40. The summed E-state index contributed by atoms with van der Waals surface area (Å²) in [6.45, 7) is 1.72. The van der Waals surface area contributed by atoms with Crippen LogP contribution in [0.1, 0.15) is 39.2 Å². The van der Waals surface area contributed by atoms with Crippen molar-refractivity contribution >= 4 is 22.7 Å². The number of pyridine rings is 1. The molecule has 5 nitrogen and oxygen atoms in total. The van der Waals surface area contributed by atoms with Crippen molar-refractivity contribution in [3.63, 3.8) is 0 Å². The molecule has 0 aliphatic carbocycles. The quantitative estimate of drug-likeness (QED) is 0.280. The average Bonchev–Trinajstić information content (AvgIpc) is 3.04. The van der Waals surface area contributed by atoms with E-state index in [0.717, 1.165) is 0 Å². The maximum absolute atomic E-state index is 13.9. The first-order chi connectivity index (χ1) is 15.0. The molecule has 1 atom stereocenters. The van der Waals surface area contributed by atoms with Crippen LogP contribution in [0.15, 0.2) is 78.9 Å². The summed E-state index contributed by atoms with van der Waals surface area (Å²) in [5, 5.41) is 13.9. The van der Waals surface area contributed by atoms with Gasteiger partial charge >= 0.3 is 0 Å². The van der Waals surface area contributed by atoms with Crippen LogP contribution in [0.4, 0.5) is 4.39 Å². The molecule has 1 aliphatic rings. The van der Waals surface area contributed by atoms with Gasteiger partial charge < -0.3 is 5.21 Å². The van der Waals surface area contributed by atoms with Gasteiger partial charge in [0.05, 0.1) is 17.2 Å². The van der Waals surface area contributed by atoms with Gasteiger partial charge in [-0.3, -0.25) is 14.5 Å². The third kappa shape index (κ3) is 2.87. The molecule has 0 radical (unpaired) electrons. The molecule has 1 aromatic heterocycles. The lowest BCUT2D eigenvalue weighted by molar-refractivity contribution is -0.565. The van der Waals surface area contributed by atoms with Crippen LogP contribution in [0.2, 0.25) is 0 Å². The maximum Gasteiger partial charge on any atom is 0.262 e. The normalized spacial score (nSPS) is 14.2. The Morgan fingerprint density at radius 3 is 2.13 bits per heavy atom. The number of carbonyl (C=O) groups excluding carboxylic acids is 2. The van der Waals surface area contributed by atoms with Crippen molar-refractivity contribution in [1.82, 2.24) is 4.90 Å². The minimum Gasteiger partial charge on any atom is -0.618 e. The zero-order chi connectivity index (χ0) is 21.7. The van der Waals surface area contributed by atoms with E-state index in [4.69, 9.17) is 0 Å². The van der Waals surface area contributed by atoms with Crippen molar-refractivity contribution in [2.75, 3.05) is 0 Å². The zero-order valence-electron chi connectivity index (χ0n) is 16.6. The van der Waals surface area contributed by atoms with Gasteiger partial charge in [0, 0.05) is 22.6 Å². The van der Waals surface area contributed by atoms with Crippen LogP contribution in [0, 0.1) is 11.0 Å². The summed E-state index contributed by atoms with van der Waals surface area (Å²) in [4.78, 5) is 27.2. The minimum absolute atomic E-state index is 0.178. The van der Waals surface area contributed by atoms with Crippen molar-refractivity contribution in [1.29, 1.82) is 0 Å². The Kier molecular flexibility index (Phi) is 4.29. The topological polar surface area (TPSA) is 64.3 Å². The van der Waals surface area contributed by atoms with Gasteiger partial charge in [-0.25, -0.2) is 4.39 Å². The Balaban J connectivity index is 1.74. The first-order valence-corrected chi connectivity index (χ1v) is 9.85. The molecule has 1 aliphatic heterocycles. The van der Waals surface area contributed by atoms with Crippen LogP contribution >= 0.6 is 0 Å². The van der Waals surface area contributed by atoms with E-state index in [9.17, 15) is 19.2 Å². The summed E-state index contributed by atoms with van der Waals surface area (Å²) in [5.41, 5.74) is 2.27.